The molecule has 0 unspecified atom stereocenters. The van der Waals surface area contributed by atoms with Gasteiger partial charge in [0.1, 0.15) is 5.03 Å². The van der Waals surface area contributed by atoms with Crippen molar-refractivity contribution in [3.05, 3.63) is 48.3 Å². The molecule has 2 N–H and O–H groups in total. The van der Waals surface area contributed by atoms with Crippen LogP contribution in [0.5, 0.6) is 0 Å². The SMILES string of the molecule is Nc1nccnc1SCCc1ccccc1. The summed E-state index contributed by atoms with van der Waals surface area (Å²) in [6.45, 7) is 0. The van der Waals surface area contributed by atoms with E-state index >= 15 is 0 Å². The summed E-state index contributed by atoms with van der Waals surface area (Å²) in [6, 6.07) is 10.4. The number of anilines is 1. The fourth-order valence-corrected chi connectivity index (χ4v) is 2.22. The predicted octanol–water partition coefficient (Wildman–Crippen LogP) is 2.39. The van der Waals surface area contributed by atoms with E-state index in [0.29, 0.717) is 5.82 Å². The Kier molecular flexibility index (Phi) is 3.77. The molecule has 0 aliphatic heterocycles. The summed E-state index contributed by atoms with van der Waals surface area (Å²) in [4.78, 5) is 8.18. The molecule has 16 heavy (non-hydrogen) atoms. The third kappa shape index (κ3) is 2.97. The van der Waals surface area contributed by atoms with Crippen LogP contribution in [0, 0.1) is 0 Å². The minimum absolute atomic E-state index is 0.514. The minimum atomic E-state index is 0.514. The Morgan fingerprint density at radius 3 is 2.56 bits per heavy atom. The predicted molar refractivity (Wildman–Crippen MR) is 67.3 cm³/mol. The lowest BCUT2D eigenvalue weighted by molar-refractivity contribution is 1.06. The van der Waals surface area contributed by atoms with Crippen LogP contribution in [0.1, 0.15) is 5.56 Å². The Hall–Kier alpha value is -1.55. The zero-order chi connectivity index (χ0) is 11.2. The molecule has 0 bridgehead atoms. The summed E-state index contributed by atoms with van der Waals surface area (Å²) in [5, 5.41) is 0.818. The summed E-state index contributed by atoms with van der Waals surface area (Å²) >= 11 is 1.64. The summed E-state index contributed by atoms with van der Waals surface area (Å²) in [5.74, 6) is 1.48. The van der Waals surface area contributed by atoms with Crippen LogP contribution in [0.4, 0.5) is 5.82 Å². The van der Waals surface area contributed by atoms with Crippen molar-refractivity contribution >= 4 is 17.6 Å². The molecule has 3 nitrogen and oxygen atoms in total. The van der Waals surface area contributed by atoms with Gasteiger partial charge in [-0.3, -0.25) is 0 Å². The van der Waals surface area contributed by atoms with E-state index in [0.717, 1.165) is 17.2 Å². The van der Waals surface area contributed by atoms with E-state index in [-0.39, 0.29) is 0 Å². The first kappa shape index (κ1) is 11.0. The van der Waals surface area contributed by atoms with Crippen LogP contribution >= 0.6 is 11.8 Å². The van der Waals surface area contributed by atoms with Crippen molar-refractivity contribution in [2.45, 2.75) is 11.4 Å². The lowest BCUT2D eigenvalue weighted by Crippen LogP contribution is -1.96. The summed E-state index contributed by atoms with van der Waals surface area (Å²) in [7, 11) is 0. The van der Waals surface area contributed by atoms with E-state index in [4.69, 9.17) is 5.73 Å². The van der Waals surface area contributed by atoms with Gasteiger partial charge in [-0.05, 0) is 12.0 Å². The maximum atomic E-state index is 5.71. The van der Waals surface area contributed by atoms with Gasteiger partial charge in [0.25, 0.3) is 0 Å². The summed E-state index contributed by atoms with van der Waals surface area (Å²) in [6.07, 6.45) is 4.29. The fourth-order valence-electron chi connectivity index (χ4n) is 1.36. The van der Waals surface area contributed by atoms with Crippen LogP contribution in [-0.2, 0) is 6.42 Å². The average molecular weight is 231 g/mol. The number of hydrogen-bond donors (Lipinski definition) is 1. The molecule has 0 aliphatic rings. The van der Waals surface area contributed by atoms with Gasteiger partial charge in [-0.1, -0.05) is 30.3 Å². The molecule has 0 spiro atoms. The van der Waals surface area contributed by atoms with Crippen LogP contribution < -0.4 is 5.73 Å². The number of benzene rings is 1. The first-order valence-corrected chi connectivity index (χ1v) is 6.08. The van der Waals surface area contributed by atoms with E-state index in [1.165, 1.54) is 5.56 Å². The van der Waals surface area contributed by atoms with E-state index < -0.39 is 0 Å². The van der Waals surface area contributed by atoms with Crippen LogP contribution in [0.15, 0.2) is 47.8 Å². The molecule has 1 aromatic carbocycles. The smallest absolute Gasteiger partial charge is 0.156 e. The Morgan fingerprint density at radius 2 is 1.81 bits per heavy atom. The standard InChI is InChI=1S/C12H13N3S/c13-11-12(15-8-7-14-11)16-9-6-10-4-2-1-3-5-10/h1-5,7-8H,6,9H2,(H2,13,14). The lowest BCUT2D eigenvalue weighted by atomic mass is 10.2. The number of nitrogen functional groups attached to an aromatic ring is 1. The first-order valence-electron chi connectivity index (χ1n) is 5.09. The molecule has 4 heteroatoms. The van der Waals surface area contributed by atoms with Crippen molar-refractivity contribution in [2.24, 2.45) is 0 Å². The van der Waals surface area contributed by atoms with Crippen molar-refractivity contribution in [3.8, 4) is 0 Å². The second-order valence-corrected chi connectivity index (χ2v) is 4.41. The molecular weight excluding hydrogens is 218 g/mol. The van der Waals surface area contributed by atoms with Gasteiger partial charge in [-0.15, -0.1) is 11.8 Å². The lowest BCUT2D eigenvalue weighted by Gasteiger charge is -2.02. The maximum absolute atomic E-state index is 5.71. The van der Waals surface area contributed by atoms with E-state index in [2.05, 4.69) is 34.2 Å². The van der Waals surface area contributed by atoms with Crippen LogP contribution in [0.3, 0.4) is 0 Å². The first-order chi connectivity index (χ1) is 7.86. The molecule has 1 aromatic heterocycles. The quantitative estimate of drug-likeness (QED) is 0.821. The number of aromatic nitrogens is 2. The third-order valence-electron chi connectivity index (χ3n) is 2.16. The minimum Gasteiger partial charge on any atom is -0.381 e. The molecule has 0 saturated carbocycles. The number of nitrogens with two attached hydrogens (primary N) is 1. The van der Waals surface area contributed by atoms with E-state index in [1.54, 1.807) is 24.2 Å². The largest absolute Gasteiger partial charge is 0.381 e. The van der Waals surface area contributed by atoms with Gasteiger partial charge in [-0.2, -0.15) is 0 Å². The Morgan fingerprint density at radius 1 is 1.06 bits per heavy atom. The van der Waals surface area contributed by atoms with Crippen LogP contribution in [-0.4, -0.2) is 15.7 Å². The van der Waals surface area contributed by atoms with Crippen molar-refractivity contribution in [2.75, 3.05) is 11.5 Å². The highest BCUT2D eigenvalue weighted by molar-refractivity contribution is 7.99. The van der Waals surface area contributed by atoms with Gasteiger partial charge in [-0.25, -0.2) is 9.97 Å². The number of rotatable bonds is 4. The molecular formula is C12H13N3S. The summed E-state index contributed by atoms with van der Waals surface area (Å²) < 4.78 is 0. The molecule has 0 radical (unpaired) electrons. The van der Waals surface area contributed by atoms with Gasteiger partial charge in [0.15, 0.2) is 5.82 Å². The second-order valence-electron chi connectivity index (χ2n) is 3.33. The molecule has 0 fully saturated rings. The molecule has 0 aliphatic carbocycles. The number of thioether (sulfide) groups is 1. The Bertz CT molecular complexity index is 445. The molecule has 0 atom stereocenters. The van der Waals surface area contributed by atoms with Gasteiger partial charge in [0.05, 0.1) is 0 Å². The average Bonchev–Trinajstić information content (AvgIpc) is 2.33. The van der Waals surface area contributed by atoms with Crippen molar-refractivity contribution in [1.29, 1.82) is 0 Å². The highest BCUT2D eigenvalue weighted by Gasteiger charge is 2.01. The Balaban J connectivity index is 1.87. The number of hydrogen-bond acceptors (Lipinski definition) is 4. The fraction of sp³-hybridized carbons (Fsp3) is 0.167. The number of nitrogens with zero attached hydrogens (tertiary/aromatic N) is 2. The van der Waals surface area contributed by atoms with Gasteiger partial charge in [0.2, 0.25) is 0 Å². The van der Waals surface area contributed by atoms with E-state index in [1.807, 2.05) is 6.07 Å². The van der Waals surface area contributed by atoms with Gasteiger partial charge < -0.3 is 5.73 Å². The van der Waals surface area contributed by atoms with Gasteiger partial charge >= 0.3 is 0 Å². The maximum Gasteiger partial charge on any atom is 0.156 e. The normalized spacial score (nSPS) is 10.2. The van der Waals surface area contributed by atoms with E-state index in [9.17, 15) is 0 Å². The molecule has 2 rings (SSSR count). The molecule has 0 amide bonds. The molecule has 82 valence electrons. The topological polar surface area (TPSA) is 51.8 Å². The van der Waals surface area contributed by atoms with Crippen LogP contribution in [0.25, 0.3) is 0 Å². The number of aryl methyl sites for hydroxylation is 1. The third-order valence-corrected chi connectivity index (χ3v) is 3.16. The van der Waals surface area contributed by atoms with Crippen molar-refractivity contribution in [3.63, 3.8) is 0 Å². The summed E-state index contributed by atoms with van der Waals surface area (Å²) in [5.41, 5.74) is 7.04. The zero-order valence-electron chi connectivity index (χ0n) is 8.84. The van der Waals surface area contributed by atoms with Crippen molar-refractivity contribution in [1.82, 2.24) is 9.97 Å². The van der Waals surface area contributed by atoms with Gasteiger partial charge in [0, 0.05) is 18.1 Å². The second kappa shape index (κ2) is 5.51. The van der Waals surface area contributed by atoms with Crippen LogP contribution in [0.2, 0.25) is 0 Å². The highest BCUT2D eigenvalue weighted by Crippen LogP contribution is 2.20. The monoisotopic (exact) mass is 231 g/mol. The molecule has 1 heterocycles. The van der Waals surface area contributed by atoms with Crippen molar-refractivity contribution < 1.29 is 0 Å². The zero-order valence-corrected chi connectivity index (χ0v) is 9.65. The molecule has 2 aromatic rings. The Labute approximate surface area is 99.1 Å². The molecule has 0 saturated heterocycles. The highest BCUT2D eigenvalue weighted by atomic mass is 32.2.